The molecule has 5 rings (SSSR count). The predicted molar refractivity (Wildman–Crippen MR) is 202 cm³/mol. The molecule has 3 aromatic carbocycles. The summed E-state index contributed by atoms with van der Waals surface area (Å²) in [5.41, 5.74) is -0.445. The normalized spacial score (nSPS) is 16.6. The molecule has 1 aromatic heterocycles. The highest BCUT2D eigenvalue weighted by Crippen LogP contribution is 2.42. The summed E-state index contributed by atoms with van der Waals surface area (Å²) in [6.07, 6.45) is -5.49. The Balaban J connectivity index is 1.26. The van der Waals surface area contributed by atoms with E-state index in [2.05, 4.69) is 22.1 Å². The fourth-order valence-corrected chi connectivity index (χ4v) is 6.37. The van der Waals surface area contributed by atoms with E-state index in [4.69, 9.17) is 18.9 Å². The molecular formula is C41H43F3N4O9. The lowest BCUT2D eigenvalue weighted by molar-refractivity contribution is -0.173. The first kappa shape index (κ1) is 42.3. The molecule has 13 nitrogen and oxygen atoms in total. The van der Waals surface area contributed by atoms with Crippen LogP contribution in [0.3, 0.4) is 0 Å². The summed E-state index contributed by atoms with van der Waals surface area (Å²) in [6.45, 7) is -0.391. The third-order valence-electron chi connectivity index (χ3n) is 9.34. The third kappa shape index (κ3) is 10.7. The number of benzene rings is 3. The molecule has 0 spiro atoms. The highest BCUT2D eigenvalue weighted by Gasteiger charge is 2.42. The average Bonchev–Trinajstić information content (AvgIpc) is 3.58. The lowest BCUT2D eigenvalue weighted by Crippen LogP contribution is -2.38. The molecule has 302 valence electrons. The Morgan fingerprint density at radius 1 is 0.895 bits per heavy atom. The zero-order valence-electron chi connectivity index (χ0n) is 31.3. The molecule has 3 atom stereocenters. The van der Waals surface area contributed by atoms with E-state index in [-0.39, 0.29) is 50.4 Å². The van der Waals surface area contributed by atoms with Crippen LogP contribution in [0.15, 0.2) is 94.6 Å². The minimum Gasteiger partial charge on any atom is -0.497 e. The predicted octanol–water partition coefficient (Wildman–Crippen LogP) is 3.92. The Bertz CT molecular complexity index is 2100. The van der Waals surface area contributed by atoms with Gasteiger partial charge >= 0.3 is 17.8 Å². The molecule has 4 aromatic rings. The second-order valence-corrected chi connectivity index (χ2v) is 13.1. The topological polar surface area (TPSA) is 170 Å². The number of methoxy groups -OCH3 is 2. The summed E-state index contributed by atoms with van der Waals surface area (Å²) in [5.74, 6) is 4.25. The van der Waals surface area contributed by atoms with Gasteiger partial charge in [-0.3, -0.25) is 23.9 Å². The van der Waals surface area contributed by atoms with Crippen molar-refractivity contribution in [3.8, 4) is 23.3 Å². The number of carbonyl (C=O) groups excluding carboxylic acids is 2. The number of rotatable bonds is 16. The number of amides is 2. The van der Waals surface area contributed by atoms with E-state index in [1.807, 2.05) is 78.9 Å². The van der Waals surface area contributed by atoms with Gasteiger partial charge in [-0.05, 0) is 53.8 Å². The van der Waals surface area contributed by atoms with Gasteiger partial charge in [0, 0.05) is 25.6 Å². The van der Waals surface area contributed by atoms with Crippen molar-refractivity contribution in [1.82, 2.24) is 20.2 Å². The maximum absolute atomic E-state index is 13.0. The van der Waals surface area contributed by atoms with Crippen molar-refractivity contribution >= 4 is 11.8 Å². The van der Waals surface area contributed by atoms with E-state index >= 15 is 0 Å². The van der Waals surface area contributed by atoms with Crippen LogP contribution in [0, 0.1) is 11.8 Å². The van der Waals surface area contributed by atoms with Crippen LogP contribution in [-0.2, 0) is 24.7 Å². The lowest BCUT2D eigenvalue weighted by atomic mass is 9.80. The molecule has 0 unspecified atom stereocenters. The lowest BCUT2D eigenvalue weighted by Gasteiger charge is -2.37. The molecule has 16 heteroatoms. The molecule has 2 amide bonds. The maximum atomic E-state index is 13.0. The second-order valence-electron chi connectivity index (χ2n) is 13.1. The van der Waals surface area contributed by atoms with E-state index < -0.39 is 47.4 Å². The van der Waals surface area contributed by atoms with Gasteiger partial charge in [-0.25, -0.2) is 4.79 Å². The zero-order chi connectivity index (χ0) is 41.0. The Morgan fingerprint density at radius 2 is 1.51 bits per heavy atom. The van der Waals surface area contributed by atoms with Crippen molar-refractivity contribution in [2.45, 2.75) is 62.3 Å². The number of aliphatic hydroxyl groups excluding tert-OH is 1. The SMILES string of the molecule is COc1ccc(C(OC[C@H]2O[C@@H](n3cc(C#CCNC(=O)CCCCCNC(=O)C(F)(F)F)c(=O)[nH]c3=O)C[C@H]2O)(c2ccccc2)c2ccc(OC)cc2)cc1. The van der Waals surface area contributed by atoms with Gasteiger partial charge in [-0.2, -0.15) is 13.2 Å². The van der Waals surface area contributed by atoms with Gasteiger partial charge in [0.1, 0.15) is 35.0 Å². The van der Waals surface area contributed by atoms with Crippen LogP contribution in [0.4, 0.5) is 13.2 Å². The molecule has 57 heavy (non-hydrogen) atoms. The smallest absolute Gasteiger partial charge is 0.471 e. The van der Waals surface area contributed by atoms with Crippen molar-refractivity contribution in [3.63, 3.8) is 0 Å². The van der Waals surface area contributed by atoms with Gasteiger partial charge in [0.2, 0.25) is 5.91 Å². The van der Waals surface area contributed by atoms with Crippen molar-refractivity contribution in [2.75, 3.05) is 33.9 Å². The molecule has 0 bridgehead atoms. The number of hydrogen-bond acceptors (Lipinski definition) is 9. The number of nitrogens with one attached hydrogen (secondary N) is 3. The summed E-state index contributed by atoms with van der Waals surface area (Å²) >= 11 is 0. The largest absolute Gasteiger partial charge is 0.497 e. The molecule has 1 aliphatic heterocycles. The molecule has 0 radical (unpaired) electrons. The second kappa shape index (κ2) is 19.3. The van der Waals surface area contributed by atoms with Crippen LogP contribution in [0.5, 0.6) is 11.5 Å². The van der Waals surface area contributed by atoms with Crippen molar-refractivity contribution in [1.29, 1.82) is 0 Å². The Hall–Kier alpha value is -5.89. The molecule has 0 aliphatic carbocycles. The zero-order valence-corrected chi connectivity index (χ0v) is 31.3. The number of carbonyl (C=O) groups is 2. The number of aromatic nitrogens is 2. The van der Waals surface area contributed by atoms with Gasteiger partial charge in [0.15, 0.2) is 0 Å². The molecule has 2 heterocycles. The maximum Gasteiger partial charge on any atom is 0.471 e. The van der Waals surface area contributed by atoms with Crippen LogP contribution in [0.2, 0.25) is 0 Å². The fraction of sp³-hybridized carbons (Fsp3) is 0.366. The summed E-state index contributed by atoms with van der Waals surface area (Å²) in [4.78, 5) is 50.8. The summed E-state index contributed by atoms with van der Waals surface area (Å²) in [7, 11) is 3.16. The standard InChI is InChI=1S/C41H43F3N4O9/c1-54-31-18-14-29(15-19-31)40(28-11-5-3-6-12-28,30-16-20-32(55-2)21-17-30)56-26-34-33(49)24-36(57-34)48-25-27(37(51)47-39(48)53)10-9-23-45-35(50)13-7-4-8-22-46-38(52)41(42,43)44/h3,5-6,11-12,14-21,25,33-34,36,49H,4,7-8,13,22-24,26H2,1-2H3,(H,45,50)(H,46,52)(H,47,51,53)/t33-,34-,36-/m1/s1. The number of H-pyrrole nitrogens is 1. The van der Waals surface area contributed by atoms with Crippen molar-refractivity contribution in [3.05, 3.63) is 128 Å². The monoisotopic (exact) mass is 792 g/mol. The van der Waals surface area contributed by atoms with Gasteiger partial charge in [-0.15, -0.1) is 0 Å². The number of alkyl halides is 3. The van der Waals surface area contributed by atoms with Gasteiger partial charge in [-0.1, -0.05) is 72.9 Å². The Morgan fingerprint density at radius 3 is 2.11 bits per heavy atom. The summed E-state index contributed by atoms with van der Waals surface area (Å²) < 4.78 is 61.8. The molecule has 1 fully saturated rings. The first-order valence-corrected chi connectivity index (χ1v) is 18.1. The molecule has 1 aliphatic rings. The average molecular weight is 793 g/mol. The van der Waals surface area contributed by atoms with Gasteiger partial charge in [0.25, 0.3) is 5.56 Å². The first-order chi connectivity index (χ1) is 27.3. The number of ether oxygens (including phenoxy) is 4. The van der Waals surface area contributed by atoms with E-state index in [9.17, 15) is 37.5 Å². The van der Waals surface area contributed by atoms with E-state index in [0.717, 1.165) is 21.3 Å². The van der Waals surface area contributed by atoms with E-state index in [1.54, 1.807) is 19.5 Å². The fourth-order valence-electron chi connectivity index (χ4n) is 6.37. The van der Waals surface area contributed by atoms with Crippen molar-refractivity contribution < 1.29 is 46.8 Å². The highest BCUT2D eigenvalue weighted by atomic mass is 19.4. The molecular weight excluding hydrogens is 749 g/mol. The number of hydrogen-bond donors (Lipinski definition) is 4. The number of unbranched alkanes of at least 4 members (excludes halogenated alkanes) is 2. The number of aliphatic hydroxyl groups is 1. The van der Waals surface area contributed by atoms with Crippen LogP contribution in [-0.4, -0.2) is 78.8 Å². The minimum atomic E-state index is -4.94. The first-order valence-electron chi connectivity index (χ1n) is 18.1. The third-order valence-corrected chi connectivity index (χ3v) is 9.34. The number of nitrogens with zero attached hydrogens (tertiary/aromatic N) is 1. The highest BCUT2D eigenvalue weighted by molar-refractivity contribution is 5.81. The van der Waals surface area contributed by atoms with E-state index in [0.29, 0.717) is 24.3 Å². The molecule has 1 saturated heterocycles. The molecule has 4 N–H and O–H groups in total. The van der Waals surface area contributed by atoms with Gasteiger partial charge in [0.05, 0.1) is 33.5 Å². The van der Waals surface area contributed by atoms with E-state index in [1.165, 1.54) is 6.20 Å². The van der Waals surface area contributed by atoms with Crippen LogP contribution in [0.25, 0.3) is 0 Å². The Kier molecular flexibility index (Phi) is 14.3. The molecule has 0 saturated carbocycles. The van der Waals surface area contributed by atoms with Crippen LogP contribution in [0.1, 0.15) is 60.6 Å². The quantitative estimate of drug-likeness (QED) is 0.0747. The van der Waals surface area contributed by atoms with Crippen molar-refractivity contribution in [2.24, 2.45) is 0 Å². The van der Waals surface area contributed by atoms with Crippen LogP contribution < -0.4 is 31.4 Å². The summed E-state index contributed by atoms with van der Waals surface area (Å²) in [5, 5.41) is 15.6. The van der Waals surface area contributed by atoms with Gasteiger partial charge < -0.3 is 34.7 Å². The number of halogens is 3. The summed E-state index contributed by atoms with van der Waals surface area (Å²) in [6, 6.07) is 24.5. The Labute approximate surface area is 326 Å². The van der Waals surface area contributed by atoms with Crippen LogP contribution >= 0.6 is 0 Å². The number of aromatic amines is 1. The minimum absolute atomic E-state index is 0.00100.